The van der Waals surface area contributed by atoms with Crippen LogP contribution < -0.4 is 11.2 Å². The van der Waals surface area contributed by atoms with Crippen LogP contribution in [0.4, 0.5) is 4.39 Å². The topological polar surface area (TPSA) is 114 Å². The van der Waals surface area contributed by atoms with Crippen molar-refractivity contribution in [2.45, 2.75) is 31.1 Å². The van der Waals surface area contributed by atoms with Gasteiger partial charge in [0.1, 0.15) is 24.1 Å². The molecule has 0 spiro atoms. The van der Waals surface area contributed by atoms with Crippen LogP contribution in [0.25, 0.3) is 6.08 Å². The number of hydrogen-bond donors (Lipinski definition) is 3. The number of aliphatic hydroxyl groups excluding tert-OH is 2. The number of aromatic amines is 1. The number of benzene rings is 1. The highest BCUT2D eigenvalue weighted by Gasteiger charge is 2.44. The second-order valence-electron chi connectivity index (χ2n) is 6.23. The zero-order chi connectivity index (χ0) is 20.3. The molecule has 2 heterocycles. The maximum atomic E-state index is 12.9. The van der Waals surface area contributed by atoms with Gasteiger partial charge in [0.05, 0.1) is 18.8 Å². The molecule has 0 bridgehead atoms. The van der Waals surface area contributed by atoms with Crippen LogP contribution in [0.15, 0.2) is 45.0 Å². The number of aliphatic hydroxyl groups is 2. The average molecular weight is 457 g/mol. The van der Waals surface area contributed by atoms with Crippen molar-refractivity contribution in [2.24, 2.45) is 0 Å². The van der Waals surface area contributed by atoms with Gasteiger partial charge in [-0.15, -0.1) is 0 Å². The molecule has 1 aromatic carbocycles. The van der Waals surface area contributed by atoms with Gasteiger partial charge in [0.15, 0.2) is 6.23 Å². The molecule has 0 saturated carbocycles. The van der Waals surface area contributed by atoms with Gasteiger partial charge in [0, 0.05) is 6.20 Å². The quantitative estimate of drug-likeness (QED) is 0.594. The molecular formula is C18H18BrFN2O6. The molecule has 0 amide bonds. The number of halogens is 2. The standard InChI is InChI=1S/C18H18BrFN2O6/c19-6-5-11-7-22(18(26)21-16(11)25)17-15(24)14(23)13(28-17)9-27-8-10-1-3-12(20)4-2-10/h1-7,13-15,17,23-24H,8-9H2,(H,21,25,26)/t13-,14-,15+,17-/m1/s1. The summed E-state index contributed by atoms with van der Waals surface area (Å²) in [5.74, 6) is -0.357. The number of ether oxygens (including phenoxy) is 2. The SMILES string of the molecule is O=c1[nH]c(=O)n([C@@H]2O[C@H](COCc3ccc(F)cc3)[C@@H](O)[C@@H]2O)cc1C=CBr. The molecule has 1 aliphatic rings. The van der Waals surface area contributed by atoms with Crippen LogP contribution in [0.3, 0.4) is 0 Å². The van der Waals surface area contributed by atoms with E-state index in [1.165, 1.54) is 29.4 Å². The van der Waals surface area contributed by atoms with Gasteiger partial charge in [-0.2, -0.15) is 0 Å². The first kappa shape index (κ1) is 20.6. The molecule has 3 N–H and O–H groups in total. The first-order valence-corrected chi connectivity index (χ1v) is 9.28. The number of aromatic nitrogens is 2. The smallest absolute Gasteiger partial charge is 0.330 e. The molecule has 1 fully saturated rings. The molecule has 3 rings (SSSR count). The van der Waals surface area contributed by atoms with Crippen molar-refractivity contribution in [1.82, 2.24) is 9.55 Å². The summed E-state index contributed by atoms with van der Waals surface area (Å²) in [6, 6.07) is 5.75. The molecule has 2 aromatic rings. The van der Waals surface area contributed by atoms with Gasteiger partial charge in [-0.1, -0.05) is 28.1 Å². The minimum atomic E-state index is -1.40. The summed E-state index contributed by atoms with van der Waals surface area (Å²) in [7, 11) is 0. The molecule has 28 heavy (non-hydrogen) atoms. The third kappa shape index (κ3) is 4.47. The molecule has 4 atom stereocenters. The van der Waals surface area contributed by atoms with E-state index in [1.54, 1.807) is 12.1 Å². The fraction of sp³-hybridized carbons (Fsp3) is 0.333. The molecule has 0 aliphatic carbocycles. The summed E-state index contributed by atoms with van der Waals surface area (Å²) in [6.45, 7) is 0.102. The van der Waals surface area contributed by atoms with Crippen molar-refractivity contribution in [3.05, 3.63) is 73.2 Å². The Morgan fingerprint density at radius 1 is 1.25 bits per heavy atom. The third-order valence-corrected chi connectivity index (χ3v) is 4.58. The first-order valence-electron chi connectivity index (χ1n) is 8.36. The molecule has 1 aliphatic heterocycles. The maximum absolute atomic E-state index is 12.9. The van der Waals surface area contributed by atoms with Crippen LogP contribution >= 0.6 is 15.9 Å². The molecule has 1 aromatic heterocycles. The summed E-state index contributed by atoms with van der Waals surface area (Å²) in [5.41, 5.74) is -0.475. The Balaban J connectivity index is 1.70. The molecule has 8 nitrogen and oxygen atoms in total. The minimum absolute atomic E-state index is 0.0572. The van der Waals surface area contributed by atoms with Gasteiger partial charge in [-0.25, -0.2) is 9.18 Å². The van der Waals surface area contributed by atoms with E-state index in [1.807, 2.05) is 0 Å². The third-order valence-electron chi connectivity index (χ3n) is 4.31. The van der Waals surface area contributed by atoms with Gasteiger partial charge < -0.3 is 19.7 Å². The van der Waals surface area contributed by atoms with E-state index in [4.69, 9.17) is 9.47 Å². The van der Waals surface area contributed by atoms with Crippen molar-refractivity contribution < 1.29 is 24.1 Å². The van der Waals surface area contributed by atoms with Crippen LogP contribution in [-0.4, -0.2) is 44.7 Å². The molecule has 10 heteroatoms. The molecule has 0 radical (unpaired) electrons. The van der Waals surface area contributed by atoms with E-state index >= 15 is 0 Å². The molecule has 150 valence electrons. The Morgan fingerprint density at radius 3 is 2.64 bits per heavy atom. The number of rotatable bonds is 6. The van der Waals surface area contributed by atoms with E-state index in [2.05, 4.69) is 20.9 Å². The fourth-order valence-corrected chi connectivity index (χ4v) is 3.13. The fourth-order valence-electron chi connectivity index (χ4n) is 2.85. The van der Waals surface area contributed by atoms with Gasteiger partial charge >= 0.3 is 5.69 Å². The van der Waals surface area contributed by atoms with E-state index in [0.29, 0.717) is 0 Å². The average Bonchev–Trinajstić information content (AvgIpc) is 2.94. The van der Waals surface area contributed by atoms with Gasteiger partial charge in [-0.3, -0.25) is 14.3 Å². The lowest BCUT2D eigenvalue weighted by molar-refractivity contribution is -0.0711. The Morgan fingerprint density at radius 2 is 1.96 bits per heavy atom. The Labute approximate surface area is 167 Å². The van der Waals surface area contributed by atoms with Crippen LogP contribution in [0, 0.1) is 5.82 Å². The first-order chi connectivity index (χ1) is 13.4. The van der Waals surface area contributed by atoms with E-state index in [-0.39, 0.29) is 24.6 Å². The Bertz CT molecular complexity index is 958. The highest BCUT2D eigenvalue weighted by atomic mass is 79.9. The summed E-state index contributed by atoms with van der Waals surface area (Å²) in [6.07, 6.45) is -2.12. The molecule has 0 unspecified atom stereocenters. The Kier molecular flexibility index (Phi) is 6.57. The normalized spacial score (nSPS) is 24.9. The number of nitrogens with one attached hydrogen (secondary N) is 1. The zero-order valence-corrected chi connectivity index (χ0v) is 16.1. The Hall–Kier alpha value is -2.11. The summed E-state index contributed by atoms with van der Waals surface area (Å²) >= 11 is 3.05. The van der Waals surface area contributed by atoms with Crippen LogP contribution in [0.5, 0.6) is 0 Å². The highest BCUT2D eigenvalue weighted by Crippen LogP contribution is 2.28. The van der Waals surface area contributed by atoms with Gasteiger partial charge in [0.2, 0.25) is 0 Å². The van der Waals surface area contributed by atoms with E-state index < -0.39 is 35.8 Å². The second-order valence-corrected chi connectivity index (χ2v) is 6.76. The maximum Gasteiger partial charge on any atom is 0.330 e. The zero-order valence-electron chi connectivity index (χ0n) is 14.5. The monoisotopic (exact) mass is 456 g/mol. The van der Waals surface area contributed by atoms with Crippen molar-refractivity contribution in [2.75, 3.05) is 6.61 Å². The number of nitrogens with zero attached hydrogens (tertiary/aromatic N) is 1. The summed E-state index contributed by atoms with van der Waals surface area (Å²) < 4.78 is 25.0. The lowest BCUT2D eigenvalue weighted by Gasteiger charge is -2.17. The van der Waals surface area contributed by atoms with Crippen LogP contribution in [0.2, 0.25) is 0 Å². The number of hydrogen-bond acceptors (Lipinski definition) is 6. The lowest BCUT2D eigenvalue weighted by Crippen LogP contribution is -2.38. The van der Waals surface area contributed by atoms with Gasteiger partial charge in [0.25, 0.3) is 5.56 Å². The van der Waals surface area contributed by atoms with Crippen molar-refractivity contribution in [1.29, 1.82) is 0 Å². The largest absolute Gasteiger partial charge is 0.387 e. The minimum Gasteiger partial charge on any atom is -0.387 e. The van der Waals surface area contributed by atoms with Crippen molar-refractivity contribution >= 4 is 22.0 Å². The number of H-pyrrole nitrogens is 1. The molecule has 1 saturated heterocycles. The predicted molar refractivity (Wildman–Crippen MR) is 101 cm³/mol. The van der Waals surface area contributed by atoms with Crippen LogP contribution in [0.1, 0.15) is 17.4 Å². The summed E-state index contributed by atoms with van der Waals surface area (Å²) in [5, 5.41) is 20.5. The molecular weight excluding hydrogens is 439 g/mol. The summed E-state index contributed by atoms with van der Waals surface area (Å²) in [4.78, 5) is 27.5. The van der Waals surface area contributed by atoms with E-state index in [0.717, 1.165) is 10.1 Å². The highest BCUT2D eigenvalue weighted by molar-refractivity contribution is 9.11. The van der Waals surface area contributed by atoms with E-state index in [9.17, 15) is 24.2 Å². The second kappa shape index (κ2) is 8.93. The van der Waals surface area contributed by atoms with Crippen LogP contribution in [-0.2, 0) is 16.1 Å². The lowest BCUT2D eigenvalue weighted by atomic mass is 10.1. The van der Waals surface area contributed by atoms with Gasteiger partial charge in [-0.05, 0) is 28.8 Å². The van der Waals surface area contributed by atoms with Crippen molar-refractivity contribution in [3.8, 4) is 0 Å². The van der Waals surface area contributed by atoms with Crippen molar-refractivity contribution in [3.63, 3.8) is 0 Å². The predicted octanol–water partition coefficient (Wildman–Crippen LogP) is 0.877.